The van der Waals surface area contributed by atoms with Crippen LogP contribution in [0.5, 0.6) is 0 Å². The van der Waals surface area contributed by atoms with Crippen LogP contribution in [0, 0.1) is 6.92 Å². The van der Waals surface area contributed by atoms with Crippen molar-refractivity contribution in [2.24, 2.45) is 0 Å². The van der Waals surface area contributed by atoms with E-state index in [0.29, 0.717) is 16.5 Å². The van der Waals surface area contributed by atoms with Gasteiger partial charge in [0.1, 0.15) is 5.52 Å². The number of aromatic nitrogens is 1. The summed E-state index contributed by atoms with van der Waals surface area (Å²) in [6.07, 6.45) is 0. The normalized spacial score (nSPS) is 10.7. The summed E-state index contributed by atoms with van der Waals surface area (Å²) in [5.41, 5.74) is 4.62. The fourth-order valence-electron chi connectivity index (χ4n) is 2.83. The van der Waals surface area contributed by atoms with Gasteiger partial charge >= 0.3 is 0 Å². The first-order valence-corrected chi connectivity index (χ1v) is 9.63. The van der Waals surface area contributed by atoms with E-state index in [4.69, 9.17) is 28.2 Å². The fraction of sp³-hybridized carbons (Fsp3) is 0.0455. The van der Waals surface area contributed by atoms with E-state index >= 15 is 0 Å². The Balaban J connectivity index is 1.44. The zero-order chi connectivity index (χ0) is 20.4. The number of anilines is 1. The maximum atomic E-state index is 12.3. The number of carbonyl (C=O) groups excluding carboxylic acids is 1. The largest absolute Gasteiger partial charge is 0.436 e. The topological polar surface area (TPSA) is 67.2 Å². The Hall–Kier alpha value is -3.22. The second-order valence-corrected chi connectivity index (χ2v) is 7.27. The highest BCUT2D eigenvalue weighted by molar-refractivity contribution is 7.80. The van der Waals surface area contributed by atoms with Gasteiger partial charge in [0.15, 0.2) is 10.7 Å². The van der Waals surface area contributed by atoms with E-state index in [1.807, 2.05) is 49.4 Å². The lowest BCUT2D eigenvalue weighted by atomic mass is 10.2. The first-order valence-electron chi connectivity index (χ1n) is 8.84. The number of benzene rings is 3. The van der Waals surface area contributed by atoms with Crippen LogP contribution < -0.4 is 10.6 Å². The number of nitrogens with one attached hydrogen (secondary N) is 2. The van der Waals surface area contributed by atoms with Gasteiger partial charge in [-0.25, -0.2) is 4.98 Å². The van der Waals surface area contributed by atoms with Crippen molar-refractivity contribution >= 4 is 51.6 Å². The molecular weight excluding hydrogens is 406 g/mol. The van der Waals surface area contributed by atoms with Gasteiger partial charge in [-0.05, 0) is 73.2 Å². The summed E-state index contributed by atoms with van der Waals surface area (Å²) in [5, 5.41) is 6.15. The zero-order valence-electron chi connectivity index (χ0n) is 15.4. The number of nitrogens with zero attached hydrogens (tertiary/aromatic N) is 1. The summed E-state index contributed by atoms with van der Waals surface area (Å²) in [7, 11) is 0. The van der Waals surface area contributed by atoms with Crippen molar-refractivity contribution in [1.29, 1.82) is 0 Å². The van der Waals surface area contributed by atoms with E-state index in [1.165, 1.54) is 0 Å². The highest BCUT2D eigenvalue weighted by atomic mass is 35.5. The second-order valence-electron chi connectivity index (χ2n) is 6.46. The van der Waals surface area contributed by atoms with Gasteiger partial charge in [0.05, 0.1) is 10.6 Å². The number of halogens is 1. The molecule has 144 valence electrons. The third kappa shape index (κ3) is 4.29. The van der Waals surface area contributed by atoms with E-state index in [0.717, 1.165) is 27.9 Å². The lowest BCUT2D eigenvalue weighted by Crippen LogP contribution is -2.34. The van der Waals surface area contributed by atoms with Crippen molar-refractivity contribution in [2.75, 3.05) is 5.32 Å². The standard InChI is InChI=1S/C22H16ClN3O2S/c1-13-6-11-18-19(12-13)28-21(25-18)14-7-9-15(10-8-14)24-22(29)26-20(27)16-4-2-3-5-17(16)23/h2-12H,1H3,(H2,24,26,27,29). The number of hydrogen-bond acceptors (Lipinski definition) is 4. The van der Waals surface area contributed by atoms with Gasteiger partial charge in [-0.1, -0.05) is 29.8 Å². The molecule has 1 heterocycles. The summed E-state index contributed by atoms with van der Waals surface area (Å²) < 4.78 is 5.84. The molecule has 0 unspecified atom stereocenters. The minimum absolute atomic E-state index is 0.181. The minimum atomic E-state index is -0.369. The summed E-state index contributed by atoms with van der Waals surface area (Å²) in [6, 6.07) is 20.1. The molecule has 4 rings (SSSR count). The molecule has 0 aliphatic heterocycles. The number of rotatable bonds is 3. The van der Waals surface area contributed by atoms with E-state index < -0.39 is 0 Å². The Kier molecular flexibility index (Phi) is 5.29. The Morgan fingerprint density at radius 2 is 1.83 bits per heavy atom. The van der Waals surface area contributed by atoms with Crippen LogP contribution >= 0.6 is 23.8 Å². The lowest BCUT2D eigenvalue weighted by molar-refractivity contribution is 0.0978. The molecule has 29 heavy (non-hydrogen) atoms. The molecule has 4 aromatic rings. The van der Waals surface area contributed by atoms with Gasteiger partial charge in [0.25, 0.3) is 5.91 Å². The maximum absolute atomic E-state index is 12.3. The zero-order valence-corrected chi connectivity index (χ0v) is 17.0. The Bertz CT molecular complexity index is 1220. The molecule has 1 amide bonds. The molecule has 3 aromatic carbocycles. The van der Waals surface area contributed by atoms with Gasteiger partial charge in [-0.2, -0.15) is 0 Å². The first-order chi connectivity index (χ1) is 14.0. The smallest absolute Gasteiger partial charge is 0.258 e. The van der Waals surface area contributed by atoms with Crippen molar-refractivity contribution in [1.82, 2.24) is 10.3 Å². The van der Waals surface area contributed by atoms with Crippen molar-refractivity contribution in [2.45, 2.75) is 6.92 Å². The highest BCUT2D eigenvalue weighted by Crippen LogP contribution is 2.26. The highest BCUT2D eigenvalue weighted by Gasteiger charge is 2.12. The molecule has 0 saturated carbocycles. The molecule has 0 atom stereocenters. The van der Waals surface area contributed by atoms with Crippen LogP contribution in [0.4, 0.5) is 5.69 Å². The first kappa shape index (κ1) is 19.1. The van der Waals surface area contributed by atoms with Gasteiger partial charge < -0.3 is 9.73 Å². The van der Waals surface area contributed by atoms with Crippen LogP contribution in [0.15, 0.2) is 71.1 Å². The number of aryl methyl sites for hydroxylation is 1. The molecule has 0 aliphatic carbocycles. The van der Waals surface area contributed by atoms with Gasteiger partial charge in [0.2, 0.25) is 5.89 Å². The maximum Gasteiger partial charge on any atom is 0.258 e. The van der Waals surface area contributed by atoms with Crippen LogP contribution in [0.1, 0.15) is 15.9 Å². The molecular formula is C22H16ClN3O2S. The quantitative estimate of drug-likeness (QED) is 0.422. The SMILES string of the molecule is Cc1ccc2nc(-c3ccc(NC(=S)NC(=O)c4ccccc4Cl)cc3)oc2c1. The predicted molar refractivity (Wildman–Crippen MR) is 119 cm³/mol. The van der Waals surface area contributed by atoms with E-state index in [2.05, 4.69) is 15.6 Å². The van der Waals surface area contributed by atoms with E-state index in [-0.39, 0.29) is 11.0 Å². The number of carbonyl (C=O) groups is 1. The Labute approximate surface area is 177 Å². The summed E-state index contributed by atoms with van der Waals surface area (Å²) in [5.74, 6) is 0.179. The van der Waals surface area contributed by atoms with Gasteiger partial charge in [-0.3, -0.25) is 10.1 Å². The van der Waals surface area contributed by atoms with Crippen LogP contribution in [0.2, 0.25) is 5.02 Å². The lowest BCUT2D eigenvalue weighted by Gasteiger charge is -2.10. The monoisotopic (exact) mass is 421 g/mol. The molecule has 0 saturated heterocycles. The number of oxazole rings is 1. The summed E-state index contributed by atoms with van der Waals surface area (Å²) in [6.45, 7) is 2.01. The second kappa shape index (κ2) is 8.03. The molecule has 0 spiro atoms. The van der Waals surface area contributed by atoms with Crippen molar-refractivity contribution < 1.29 is 9.21 Å². The van der Waals surface area contributed by atoms with Gasteiger partial charge in [0, 0.05) is 11.3 Å². The van der Waals surface area contributed by atoms with Crippen LogP contribution in [-0.4, -0.2) is 16.0 Å². The molecule has 0 radical (unpaired) electrons. The third-order valence-electron chi connectivity index (χ3n) is 4.28. The van der Waals surface area contributed by atoms with Crippen LogP contribution in [-0.2, 0) is 0 Å². The number of amides is 1. The van der Waals surface area contributed by atoms with E-state index in [1.54, 1.807) is 24.3 Å². The summed E-state index contributed by atoms with van der Waals surface area (Å²) in [4.78, 5) is 16.8. The van der Waals surface area contributed by atoms with Crippen molar-refractivity contribution in [3.8, 4) is 11.5 Å². The molecule has 0 aliphatic rings. The number of thiocarbonyl (C=S) groups is 1. The van der Waals surface area contributed by atoms with Crippen LogP contribution in [0.25, 0.3) is 22.6 Å². The number of fused-ring (bicyclic) bond motifs is 1. The Morgan fingerprint density at radius 3 is 2.59 bits per heavy atom. The third-order valence-corrected chi connectivity index (χ3v) is 4.81. The minimum Gasteiger partial charge on any atom is -0.436 e. The fourth-order valence-corrected chi connectivity index (χ4v) is 3.26. The van der Waals surface area contributed by atoms with E-state index in [9.17, 15) is 4.79 Å². The molecule has 0 bridgehead atoms. The molecule has 5 nitrogen and oxygen atoms in total. The predicted octanol–water partition coefficient (Wildman–Crippen LogP) is 5.58. The average Bonchev–Trinajstić information content (AvgIpc) is 3.12. The Morgan fingerprint density at radius 1 is 1.07 bits per heavy atom. The molecule has 1 aromatic heterocycles. The van der Waals surface area contributed by atoms with Gasteiger partial charge in [-0.15, -0.1) is 0 Å². The van der Waals surface area contributed by atoms with Crippen molar-refractivity contribution in [3.63, 3.8) is 0 Å². The van der Waals surface area contributed by atoms with Crippen LogP contribution in [0.3, 0.4) is 0 Å². The number of hydrogen-bond donors (Lipinski definition) is 2. The molecule has 0 fully saturated rings. The summed E-state index contributed by atoms with van der Waals surface area (Å²) >= 11 is 11.3. The average molecular weight is 422 g/mol. The molecule has 7 heteroatoms. The van der Waals surface area contributed by atoms with Crippen molar-refractivity contribution in [3.05, 3.63) is 82.9 Å². The molecule has 2 N–H and O–H groups in total.